The topological polar surface area (TPSA) is 135 Å². The van der Waals surface area contributed by atoms with Crippen molar-refractivity contribution < 1.29 is 34.2 Å². The van der Waals surface area contributed by atoms with E-state index in [-0.39, 0.29) is 54.4 Å². The Morgan fingerprint density at radius 2 is 1.63 bits per heavy atom. The number of sulfone groups is 1. The van der Waals surface area contributed by atoms with Crippen molar-refractivity contribution in [1.29, 1.82) is 0 Å². The van der Waals surface area contributed by atoms with Gasteiger partial charge in [0.1, 0.15) is 0 Å². The van der Waals surface area contributed by atoms with Crippen LogP contribution in [0.4, 0.5) is 0 Å². The minimum Gasteiger partial charge on any atom is -0.340 e. The molecule has 13 heteroatoms. The molecule has 2 aromatic carbocycles. The van der Waals surface area contributed by atoms with Gasteiger partial charge in [-0.05, 0) is 42.5 Å². The SMILES string of the molecule is CC(OS(C)(=O)=O)c1cccc(S(=O)(=O)N2CC(C(=O)N3CCS(=O)(=O)CC3)CC(c3ccccc3)C2)c1. The fraction of sp³-hybridized carbons (Fsp3) is 0.480. The van der Waals surface area contributed by atoms with E-state index in [4.69, 9.17) is 4.18 Å². The van der Waals surface area contributed by atoms with Crippen molar-refractivity contribution in [3.05, 3.63) is 65.7 Å². The zero-order chi connectivity index (χ0) is 27.7. The first-order chi connectivity index (χ1) is 17.7. The van der Waals surface area contributed by atoms with Crippen LogP contribution >= 0.6 is 0 Å². The number of benzene rings is 2. The Bertz CT molecular complexity index is 1480. The second-order valence-corrected chi connectivity index (χ2v) is 15.7. The van der Waals surface area contributed by atoms with Crippen molar-refractivity contribution in [2.45, 2.75) is 30.3 Å². The summed E-state index contributed by atoms with van der Waals surface area (Å²) in [5.41, 5.74) is 1.30. The molecule has 2 fully saturated rings. The van der Waals surface area contributed by atoms with Crippen molar-refractivity contribution in [2.75, 3.05) is 43.9 Å². The number of hydrogen-bond acceptors (Lipinski definition) is 8. The van der Waals surface area contributed by atoms with E-state index < -0.39 is 42.0 Å². The van der Waals surface area contributed by atoms with E-state index in [0.717, 1.165) is 11.8 Å². The molecule has 0 radical (unpaired) electrons. The van der Waals surface area contributed by atoms with Crippen LogP contribution in [0.25, 0.3) is 0 Å². The van der Waals surface area contributed by atoms with Crippen LogP contribution in [0, 0.1) is 5.92 Å². The molecule has 2 heterocycles. The van der Waals surface area contributed by atoms with Crippen LogP contribution in [-0.2, 0) is 39.0 Å². The van der Waals surface area contributed by atoms with Crippen LogP contribution in [0.2, 0.25) is 0 Å². The molecule has 2 saturated heterocycles. The molecule has 0 bridgehead atoms. The average molecular weight is 585 g/mol. The molecule has 0 saturated carbocycles. The molecule has 208 valence electrons. The van der Waals surface area contributed by atoms with Gasteiger partial charge in [0.25, 0.3) is 10.1 Å². The number of sulfonamides is 1. The smallest absolute Gasteiger partial charge is 0.264 e. The third-order valence-electron chi connectivity index (χ3n) is 6.98. The van der Waals surface area contributed by atoms with Crippen LogP contribution in [0.1, 0.15) is 36.5 Å². The molecule has 4 rings (SSSR count). The number of rotatable bonds is 7. The molecule has 0 aromatic heterocycles. The number of carbonyl (C=O) groups is 1. The van der Waals surface area contributed by atoms with Crippen molar-refractivity contribution in [1.82, 2.24) is 9.21 Å². The molecule has 2 aromatic rings. The summed E-state index contributed by atoms with van der Waals surface area (Å²) in [6, 6.07) is 15.3. The van der Waals surface area contributed by atoms with E-state index in [1.165, 1.54) is 34.3 Å². The highest BCUT2D eigenvalue weighted by atomic mass is 32.2. The van der Waals surface area contributed by atoms with Crippen LogP contribution in [0.5, 0.6) is 0 Å². The van der Waals surface area contributed by atoms with Gasteiger partial charge in [0.2, 0.25) is 15.9 Å². The summed E-state index contributed by atoms with van der Waals surface area (Å²) in [5.74, 6) is -1.32. The number of piperidine rings is 1. The number of hydrogen-bond donors (Lipinski definition) is 0. The zero-order valence-electron chi connectivity index (χ0n) is 21.3. The van der Waals surface area contributed by atoms with Crippen LogP contribution in [0.15, 0.2) is 59.5 Å². The summed E-state index contributed by atoms with van der Waals surface area (Å²) in [6.07, 6.45) is 0.483. The van der Waals surface area contributed by atoms with Crippen molar-refractivity contribution >= 4 is 35.9 Å². The van der Waals surface area contributed by atoms with Crippen LogP contribution in [-0.4, -0.2) is 84.3 Å². The van der Waals surface area contributed by atoms with Gasteiger partial charge in [0.15, 0.2) is 9.84 Å². The highest BCUT2D eigenvalue weighted by Gasteiger charge is 2.40. The summed E-state index contributed by atoms with van der Waals surface area (Å²) < 4.78 is 80.8. The molecule has 10 nitrogen and oxygen atoms in total. The van der Waals surface area contributed by atoms with Gasteiger partial charge in [0.05, 0.1) is 34.7 Å². The van der Waals surface area contributed by atoms with Crippen molar-refractivity contribution in [3.63, 3.8) is 0 Å². The molecular weight excluding hydrogens is 552 g/mol. The number of nitrogens with zero attached hydrogens (tertiary/aromatic N) is 2. The Morgan fingerprint density at radius 3 is 2.26 bits per heavy atom. The minimum atomic E-state index is -4.06. The van der Waals surface area contributed by atoms with Crippen LogP contribution < -0.4 is 0 Å². The molecular formula is C25H32N2O8S3. The van der Waals surface area contributed by atoms with Gasteiger partial charge >= 0.3 is 0 Å². The van der Waals surface area contributed by atoms with E-state index in [1.807, 2.05) is 30.3 Å². The maximum atomic E-state index is 13.8. The Labute approximate surface area is 224 Å². The summed E-state index contributed by atoms with van der Waals surface area (Å²) in [7, 11) is -11.0. The van der Waals surface area contributed by atoms with Gasteiger partial charge in [-0.15, -0.1) is 0 Å². The van der Waals surface area contributed by atoms with Crippen molar-refractivity contribution in [3.8, 4) is 0 Å². The fourth-order valence-corrected chi connectivity index (χ4v) is 8.41. The van der Waals surface area contributed by atoms with E-state index >= 15 is 0 Å². The fourth-order valence-electron chi connectivity index (χ4n) is 4.99. The van der Waals surface area contributed by atoms with Gasteiger partial charge in [-0.1, -0.05) is 42.5 Å². The standard InChI is InChI=1S/C25H32N2O8S3/c1-19(35-36(2,29)30)21-9-6-10-24(16-21)38(33,34)27-17-22(20-7-4-3-5-8-20)15-23(18-27)25(28)26-11-13-37(31,32)14-12-26/h3-10,16,19,22-23H,11-15,17-18H2,1-2H3. The molecule has 2 aliphatic rings. The predicted octanol–water partition coefficient (Wildman–Crippen LogP) is 1.78. The molecule has 0 aliphatic carbocycles. The lowest BCUT2D eigenvalue weighted by Gasteiger charge is -2.39. The van der Waals surface area contributed by atoms with Gasteiger partial charge in [-0.3, -0.25) is 8.98 Å². The third kappa shape index (κ3) is 6.81. The molecule has 0 N–H and O–H groups in total. The van der Waals surface area contributed by atoms with Gasteiger partial charge in [-0.2, -0.15) is 12.7 Å². The second kappa shape index (κ2) is 11.0. The Kier molecular flexibility index (Phi) is 8.34. The Balaban J connectivity index is 1.63. The Hall–Kier alpha value is -2.32. The first-order valence-corrected chi connectivity index (χ1v) is 17.4. The maximum absolute atomic E-state index is 13.8. The Morgan fingerprint density at radius 1 is 0.974 bits per heavy atom. The quantitative estimate of drug-likeness (QED) is 0.450. The molecule has 0 spiro atoms. The van der Waals surface area contributed by atoms with Gasteiger partial charge in [0, 0.05) is 26.2 Å². The van der Waals surface area contributed by atoms with E-state index in [0.29, 0.717) is 12.0 Å². The molecule has 2 aliphatic heterocycles. The highest BCUT2D eigenvalue weighted by molar-refractivity contribution is 7.91. The van der Waals surface area contributed by atoms with E-state index in [1.54, 1.807) is 6.07 Å². The second-order valence-electron chi connectivity index (χ2n) is 9.85. The van der Waals surface area contributed by atoms with Gasteiger partial charge < -0.3 is 4.90 Å². The first-order valence-electron chi connectivity index (χ1n) is 12.3. The molecule has 1 amide bonds. The largest absolute Gasteiger partial charge is 0.340 e. The lowest BCUT2D eigenvalue weighted by atomic mass is 9.85. The first kappa shape index (κ1) is 28.7. The molecule has 3 unspecified atom stereocenters. The predicted molar refractivity (Wildman–Crippen MR) is 142 cm³/mol. The summed E-state index contributed by atoms with van der Waals surface area (Å²) >= 11 is 0. The monoisotopic (exact) mass is 584 g/mol. The summed E-state index contributed by atoms with van der Waals surface area (Å²) in [4.78, 5) is 15.0. The lowest BCUT2D eigenvalue weighted by Crippen LogP contribution is -2.52. The highest BCUT2D eigenvalue weighted by Crippen LogP contribution is 2.35. The minimum absolute atomic E-state index is 0.0251. The molecule has 3 atom stereocenters. The number of carbonyl (C=O) groups excluding carboxylic acids is 1. The number of amides is 1. The zero-order valence-corrected chi connectivity index (χ0v) is 23.7. The average Bonchev–Trinajstić information content (AvgIpc) is 2.87. The van der Waals surface area contributed by atoms with E-state index in [2.05, 4.69) is 0 Å². The maximum Gasteiger partial charge on any atom is 0.264 e. The van der Waals surface area contributed by atoms with Crippen molar-refractivity contribution in [2.24, 2.45) is 5.92 Å². The normalized spacial score (nSPS) is 23.6. The molecule has 38 heavy (non-hydrogen) atoms. The van der Waals surface area contributed by atoms with Crippen LogP contribution in [0.3, 0.4) is 0 Å². The lowest BCUT2D eigenvalue weighted by molar-refractivity contribution is -0.136. The van der Waals surface area contributed by atoms with E-state index in [9.17, 15) is 30.0 Å². The summed E-state index contributed by atoms with van der Waals surface area (Å²) in [5, 5.41) is 0. The van der Waals surface area contributed by atoms with Gasteiger partial charge in [-0.25, -0.2) is 16.8 Å². The third-order valence-corrected chi connectivity index (χ3v) is 11.1. The summed E-state index contributed by atoms with van der Waals surface area (Å²) in [6.45, 7) is 1.85.